The molecule has 28 heavy (non-hydrogen) atoms. The lowest BCUT2D eigenvalue weighted by atomic mass is 10.1. The number of para-hydroxylation sites is 3. The van der Waals surface area contributed by atoms with E-state index in [1.54, 1.807) is 0 Å². The number of anilines is 1. The van der Waals surface area contributed by atoms with Gasteiger partial charge in [-0.1, -0.05) is 42.5 Å². The molecule has 0 saturated heterocycles. The van der Waals surface area contributed by atoms with E-state index in [0.717, 1.165) is 39.4 Å². The van der Waals surface area contributed by atoms with Crippen LogP contribution in [0.15, 0.2) is 72.8 Å². The Morgan fingerprint density at radius 1 is 0.964 bits per heavy atom. The summed E-state index contributed by atoms with van der Waals surface area (Å²) in [6.45, 7) is 4.03. The van der Waals surface area contributed by atoms with E-state index in [0.29, 0.717) is 12.8 Å². The van der Waals surface area contributed by atoms with E-state index in [1.807, 2.05) is 68.4 Å². The Labute approximate surface area is 164 Å². The normalized spacial score (nSPS) is 10.9. The van der Waals surface area contributed by atoms with Crippen LogP contribution in [-0.4, -0.2) is 15.5 Å². The van der Waals surface area contributed by atoms with Crippen molar-refractivity contribution in [2.45, 2.75) is 26.7 Å². The Morgan fingerprint density at radius 3 is 2.54 bits per heavy atom. The summed E-state index contributed by atoms with van der Waals surface area (Å²) in [7, 11) is 0. The van der Waals surface area contributed by atoms with Gasteiger partial charge < -0.3 is 5.32 Å². The maximum absolute atomic E-state index is 12.6. The molecule has 0 unspecified atom stereocenters. The summed E-state index contributed by atoms with van der Waals surface area (Å²) in [6, 6.07) is 24.3. The van der Waals surface area contributed by atoms with Gasteiger partial charge in [0.05, 0.1) is 11.0 Å². The number of amides is 1. The van der Waals surface area contributed by atoms with Crippen LogP contribution >= 0.6 is 0 Å². The van der Waals surface area contributed by atoms with Crippen molar-refractivity contribution in [3.63, 3.8) is 0 Å². The van der Waals surface area contributed by atoms with Crippen molar-refractivity contribution in [1.82, 2.24) is 9.55 Å². The number of aromatic nitrogens is 2. The van der Waals surface area contributed by atoms with E-state index in [-0.39, 0.29) is 5.91 Å². The molecule has 0 aliphatic heterocycles. The fourth-order valence-corrected chi connectivity index (χ4v) is 3.42. The van der Waals surface area contributed by atoms with Gasteiger partial charge >= 0.3 is 0 Å². The number of hydrogen-bond donors (Lipinski definition) is 1. The number of aryl methyl sites for hydroxylation is 3. The van der Waals surface area contributed by atoms with Crippen LogP contribution < -0.4 is 5.32 Å². The molecule has 4 rings (SSSR count). The lowest BCUT2D eigenvalue weighted by Gasteiger charge is -2.11. The van der Waals surface area contributed by atoms with E-state index < -0.39 is 0 Å². The highest BCUT2D eigenvalue weighted by molar-refractivity contribution is 5.91. The Bertz CT molecular complexity index is 1130. The summed E-state index contributed by atoms with van der Waals surface area (Å²) < 4.78 is 2.14. The van der Waals surface area contributed by atoms with Gasteiger partial charge in [0.15, 0.2) is 0 Å². The molecular weight excluding hydrogens is 346 g/mol. The molecule has 0 aliphatic rings. The average molecular weight is 369 g/mol. The van der Waals surface area contributed by atoms with Gasteiger partial charge in [-0.25, -0.2) is 4.98 Å². The van der Waals surface area contributed by atoms with E-state index in [4.69, 9.17) is 4.98 Å². The number of hydrogen-bond acceptors (Lipinski definition) is 2. The first-order chi connectivity index (χ1) is 13.6. The molecule has 4 aromatic rings. The predicted molar refractivity (Wildman–Crippen MR) is 114 cm³/mol. The largest absolute Gasteiger partial charge is 0.326 e. The molecule has 0 spiro atoms. The highest BCUT2D eigenvalue weighted by atomic mass is 16.1. The summed E-state index contributed by atoms with van der Waals surface area (Å²) in [5.74, 6) is 0.892. The summed E-state index contributed by atoms with van der Waals surface area (Å²) >= 11 is 0. The number of nitrogens with one attached hydrogen (secondary N) is 1. The molecule has 4 nitrogen and oxygen atoms in total. The third-order valence-electron chi connectivity index (χ3n) is 4.89. The molecule has 0 saturated carbocycles. The third-order valence-corrected chi connectivity index (χ3v) is 4.89. The van der Waals surface area contributed by atoms with Gasteiger partial charge in [0, 0.05) is 24.2 Å². The van der Waals surface area contributed by atoms with Crippen LogP contribution in [0.25, 0.3) is 16.7 Å². The first kappa shape index (κ1) is 18.0. The van der Waals surface area contributed by atoms with Gasteiger partial charge in [0.1, 0.15) is 5.82 Å². The molecule has 1 amide bonds. The zero-order valence-corrected chi connectivity index (χ0v) is 16.1. The van der Waals surface area contributed by atoms with Crippen molar-refractivity contribution in [2.24, 2.45) is 0 Å². The van der Waals surface area contributed by atoms with Gasteiger partial charge in [-0.2, -0.15) is 0 Å². The number of nitrogens with zero attached hydrogens (tertiary/aromatic N) is 2. The number of rotatable bonds is 5. The van der Waals surface area contributed by atoms with Crippen molar-refractivity contribution < 1.29 is 4.79 Å². The van der Waals surface area contributed by atoms with Crippen molar-refractivity contribution >= 4 is 22.6 Å². The number of carbonyl (C=O) groups excluding carboxylic acids is 1. The van der Waals surface area contributed by atoms with Gasteiger partial charge in [-0.05, 0) is 55.3 Å². The third kappa shape index (κ3) is 3.67. The summed E-state index contributed by atoms with van der Waals surface area (Å²) in [4.78, 5) is 17.3. The molecule has 3 aromatic carbocycles. The van der Waals surface area contributed by atoms with Crippen LogP contribution in [0.1, 0.15) is 23.4 Å². The number of fused-ring (bicyclic) bond motifs is 1. The molecule has 1 aromatic heterocycles. The molecule has 1 N–H and O–H groups in total. The zero-order chi connectivity index (χ0) is 19.5. The first-order valence-electron chi connectivity index (χ1n) is 9.51. The maximum Gasteiger partial charge on any atom is 0.224 e. The minimum atomic E-state index is 0.000341. The highest BCUT2D eigenvalue weighted by Crippen LogP contribution is 2.23. The number of carbonyl (C=O) groups is 1. The fourth-order valence-electron chi connectivity index (χ4n) is 3.42. The molecule has 0 radical (unpaired) electrons. The fraction of sp³-hybridized carbons (Fsp3) is 0.167. The lowest BCUT2D eigenvalue weighted by molar-refractivity contribution is -0.116. The maximum atomic E-state index is 12.6. The summed E-state index contributed by atoms with van der Waals surface area (Å²) in [5, 5.41) is 3.04. The minimum absolute atomic E-state index is 0.000341. The van der Waals surface area contributed by atoms with Crippen LogP contribution in [0, 0.1) is 13.8 Å². The smallest absolute Gasteiger partial charge is 0.224 e. The van der Waals surface area contributed by atoms with Crippen LogP contribution in [0.5, 0.6) is 0 Å². The molecule has 0 bridgehead atoms. The van der Waals surface area contributed by atoms with Crippen LogP contribution in [-0.2, 0) is 11.2 Å². The number of imidazole rings is 1. The van der Waals surface area contributed by atoms with E-state index in [9.17, 15) is 4.79 Å². The van der Waals surface area contributed by atoms with Gasteiger partial charge in [-0.3, -0.25) is 9.36 Å². The van der Waals surface area contributed by atoms with Crippen LogP contribution in [0.3, 0.4) is 0 Å². The molecule has 0 fully saturated rings. The first-order valence-corrected chi connectivity index (χ1v) is 9.51. The SMILES string of the molecule is Cc1ccc(C)c(NC(=O)CCc2nc3ccccc3n2-c2ccccc2)c1. The molecule has 4 heteroatoms. The number of benzene rings is 3. The highest BCUT2D eigenvalue weighted by Gasteiger charge is 2.14. The second kappa shape index (κ2) is 7.69. The Balaban J connectivity index is 1.58. The van der Waals surface area contributed by atoms with E-state index >= 15 is 0 Å². The van der Waals surface area contributed by atoms with Crippen molar-refractivity contribution in [3.8, 4) is 5.69 Å². The Kier molecular flexibility index (Phi) is 4.94. The summed E-state index contributed by atoms with van der Waals surface area (Å²) in [5.41, 5.74) is 6.12. The standard InChI is InChI=1S/C24H23N3O/c1-17-12-13-18(2)21(16-17)26-24(28)15-14-23-25-20-10-6-7-11-22(20)27(23)19-8-4-3-5-9-19/h3-13,16H,14-15H2,1-2H3,(H,26,28). The second-order valence-electron chi connectivity index (χ2n) is 7.05. The predicted octanol–water partition coefficient (Wildman–Crippen LogP) is 5.21. The van der Waals surface area contributed by atoms with Crippen LogP contribution in [0.4, 0.5) is 5.69 Å². The average Bonchev–Trinajstić information content (AvgIpc) is 3.08. The second-order valence-corrected chi connectivity index (χ2v) is 7.05. The monoisotopic (exact) mass is 369 g/mol. The molecule has 1 heterocycles. The van der Waals surface area contributed by atoms with Gasteiger partial charge in [0.25, 0.3) is 0 Å². The lowest BCUT2D eigenvalue weighted by Crippen LogP contribution is -2.14. The van der Waals surface area contributed by atoms with E-state index in [2.05, 4.69) is 28.1 Å². The summed E-state index contributed by atoms with van der Waals surface area (Å²) in [6.07, 6.45) is 0.948. The van der Waals surface area contributed by atoms with Gasteiger partial charge in [0.2, 0.25) is 5.91 Å². The zero-order valence-electron chi connectivity index (χ0n) is 16.1. The Morgan fingerprint density at radius 2 is 1.71 bits per heavy atom. The molecule has 140 valence electrons. The van der Waals surface area contributed by atoms with Crippen molar-refractivity contribution in [3.05, 3.63) is 89.7 Å². The van der Waals surface area contributed by atoms with Crippen LogP contribution in [0.2, 0.25) is 0 Å². The minimum Gasteiger partial charge on any atom is -0.326 e. The molecule has 0 atom stereocenters. The van der Waals surface area contributed by atoms with Gasteiger partial charge in [-0.15, -0.1) is 0 Å². The topological polar surface area (TPSA) is 46.9 Å². The molecular formula is C24H23N3O. The van der Waals surface area contributed by atoms with Crippen molar-refractivity contribution in [1.29, 1.82) is 0 Å². The quantitative estimate of drug-likeness (QED) is 0.525. The molecule has 0 aliphatic carbocycles. The van der Waals surface area contributed by atoms with Crippen molar-refractivity contribution in [2.75, 3.05) is 5.32 Å². The Hall–Kier alpha value is -3.40. The van der Waals surface area contributed by atoms with E-state index in [1.165, 1.54) is 0 Å².